The summed E-state index contributed by atoms with van der Waals surface area (Å²) < 4.78 is 40.0. The standard InChI is InChI=1S/C12H19FN2O3S/c1-8(3-4-16)7-15-19(17,18)12-6-10(14)5-11(13)9(12)2/h5-6,8,15-16H,3-4,7,14H2,1-2H3. The first-order chi connectivity index (χ1) is 8.77. The Morgan fingerprint density at radius 2 is 2.11 bits per heavy atom. The lowest BCUT2D eigenvalue weighted by molar-refractivity contribution is 0.263. The van der Waals surface area contributed by atoms with E-state index in [0.29, 0.717) is 6.42 Å². The lowest BCUT2D eigenvalue weighted by Crippen LogP contribution is -2.29. The van der Waals surface area contributed by atoms with Crippen molar-refractivity contribution < 1.29 is 17.9 Å². The second kappa shape index (κ2) is 6.31. The van der Waals surface area contributed by atoms with Crippen LogP contribution in [0.5, 0.6) is 0 Å². The minimum Gasteiger partial charge on any atom is -0.399 e. The molecule has 0 aliphatic heterocycles. The molecule has 0 amide bonds. The van der Waals surface area contributed by atoms with E-state index < -0.39 is 15.8 Å². The van der Waals surface area contributed by atoms with E-state index in [2.05, 4.69) is 4.72 Å². The average molecular weight is 290 g/mol. The van der Waals surface area contributed by atoms with Gasteiger partial charge in [0, 0.05) is 24.4 Å². The van der Waals surface area contributed by atoms with Gasteiger partial charge in [-0.1, -0.05) is 6.92 Å². The zero-order valence-corrected chi connectivity index (χ0v) is 11.8. The minimum atomic E-state index is -3.80. The zero-order chi connectivity index (χ0) is 14.6. The van der Waals surface area contributed by atoms with Crippen molar-refractivity contribution in [2.45, 2.75) is 25.2 Å². The number of nitrogens with one attached hydrogen (secondary N) is 1. The minimum absolute atomic E-state index is 0.00512. The summed E-state index contributed by atoms with van der Waals surface area (Å²) >= 11 is 0. The average Bonchev–Trinajstić information content (AvgIpc) is 2.31. The summed E-state index contributed by atoms with van der Waals surface area (Å²) in [5.41, 5.74) is 5.56. The highest BCUT2D eigenvalue weighted by molar-refractivity contribution is 7.89. The smallest absolute Gasteiger partial charge is 0.241 e. The highest BCUT2D eigenvalue weighted by atomic mass is 32.2. The maximum atomic E-state index is 13.5. The van der Waals surface area contributed by atoms with Crippen LogP contribution < -0.4 is 10.5 Å². The maximum Gasteiger partial charge on any atom is 0.241 e. The molecule has 0 aliphatic carbocycles. The monoisotopic (exact) mass is 290 g/mol. The van der Waals surface area contributed by atoms with Crippen molar-refractivity contribution in [3.8, 4) is 0 Å². The van der Waals surface area contributed by atoms with Crippen molar-refractivity contribution in [3.05, 3.63) is 23.5 Å². The van der Waals surface area contributed by atoms with Crippen molar-refractivity contribution in [2.75, 3.05) is 18.9 Å². The van der Waals surface area contributed by atoms with Crippen molar-refractivity contribution in [1.29, 1.82) is 0 Å². The Balaban J connectivity index is 2.95. The van der Waals surface area contributed by atoms with Gasteiger partial charge in [-0.3, -0.25) is 0 Å². The Labute approximate surface area is 112 Å². The molecular formula is C12H19FN2O3S. The molecule has 0 saturated heterocycles. The number of nitrogens with two attached hydrogens (primary N) is 1. The second-order valence-corrected chi connectivity index (χ2v) is 6.33. The van der Waals surface area contributed by atoms with Gasteiger partial charge in [-0.05, 0) is 31.4 Å². The van der Waals surface area contributed by atoms with Crippen LogP contribution in [0.3, 0.4) is 0 Å². The molecule has 1 aromatic carbocycles. The van der Waals surface area contributed by atoms with Crippen LogP contribution >= 0.6 is 0 Å². The molecule has 0 aliphatic rings. The fraction of sp³-hybridized carbons (Fsp3) is 0.500. The van der Waals surface area contributed by atoms with Gasteiger partial charge in [-0.15, -0.1) is 0 Å². The molecule has 1 unspecified atom stereocenters. The highest BCUT2D eigenvalue weighted by Crippen LogP contribution is 2.21. The summed E-state index contributed by atoms with van der Waals surface area (Å²) in [6.45, 7) is 3.37. The van der Waals surface area contributed by atoms with E-state index >= 15 is 0 Å². The molecule has 108 valence electrons. The molecule has 0 fully saturated rings. The Morgan fingerprint density at radius 3 is 2.68 bits per heavy atom. The lowest BCUT2D eigenvalue weighted by Gasteiger charge is -2.14. The van der Waals surface area contributed by atoms with Crippen LogP contribution in [0.15, 0.2) is 17.0 Å². The second-order valence-electron chi connectivity index (χ2n) is 4.60. The van der Waals surface area contributed by atoms with Gasteiger partial charge in [-0.25, -0.2) is 17.5 Å². The van der Waals surface area contributed by atoms with Crippen LogP contribution in [0.1, 0.15) is 18.9 Å². The Bertz CT molecular complexity index is 546. The van der Waals surface area contributed by atoms with Crippen LogP contribution in [-0.4, -0.2) is 26.7 Å². The Kier molecular flexibility index (Phi) is 5.28. The van der Waals surface area contributed by atoms with Gasteiger partial charge in [0.25, 0.3) is 0 Å². The van der Waals surface area contributed by atoms with Crippen molar-refractivity contribution in [2.24, 2.45) is 5.92 Å². The topological polar surface area (TPSA) is 92.4 Å². The van der Waals surface area contributed by atoms with Crippen LogP contribution in [0.25, 0.3) is 0 Å². The third-order valence-corrected chi connectivity index (χ3v) is 4.40. The number of sulfonamides is 1. The summed E-state index contributed by atoms with van der Waals surface area (Å²) in [5.74, 6) is -0.658. The van der Waals surface area contributed by atoms with Gasteiger partial charge in [0.15, 0.2) is 0 Å². The van der Waals surface area contributed by atoms with Gasteiger partial charge in [-0.2, -0.15) is 0 Å². The van der Waals surface area contributed by atoms with Gasteiger partial charge in [0.05, 0.1) is 4.90 Å². The van der Waals surface area contributed by atoms with Crippen LogP contribution in [0.2, 0.25) is 0 Å². The van der Waals surface area contributed by atoms with Gasteiger partial charge >= 0.3 is 0 Å². The normalized spacial score (nSPS) is 13.5. The molecule has 7 heteroatoms. The molecule has 5 nitrogen and oxygen atoms in total. The summed E-state index contributed by atoms with van der Waals surface area (Å²) in [6.07, 6.45) is 0.493. The molecule has 1 atom stereocenters. The first-order valence-electron chi connectivity index (χ1n) is 5.94. The van der Waals surface area contributed by atoms with Crippen molar-refractivity contribution in [1.82, 2.24) is 4.72 Å². The molecule has 1 rings (SSSR count). The van der Waals surface area contributed by atoms with Gasteiger partial charge < -0.3 is 10.8 Å². The fourth-order valence-electron chi connectivity index (χ4n) is 1.60. The van der Waals surface area contributed by atoms with Crippen LogP contribution in [-0.2, 0) is 10.0 Å². The van der Waals surface area contributed by atoms with Crippen molar-refractivity contribution >= 4 is 15.7 Å². The molecule has 0 aromatic heterocycles. The molecule has 0 bridgehead atoms. The third kappa shape index (κ3) is 4.15. The molecule has 1 aromatic rings. The maximum absolute atomic E-state index is 13.5. The molecular weight excluding hydrogens is 271 g/mol. The zero-order valence-electron chi connectivity index (χ0n) is 11.0. The van der Waals surface area contributed by atoms with E-state index in [9.17, 15) is 12.8 Å². The van der Waals surface area contributed by atoms with E-state index in [1.54, 1.807) is 0 Å². The number of aliphatic hydroxyl groups is 1. The summed E-state index contributed by atoms with van der Waals surface area (Å²) in [4.78, 5) is -0.152. The number of nitrogen functional groups attached to an aromatic ring is 1. The fourth-order valence-corrected chi connectivity index (χ4v) is 3.06. The van der Waals surface area contributed by atoms with E-state index in [4.69, 9.17) is 10.8 Å². The largest absolute Gasteiger partial charge is 0.399 e. The Hall–Kier alpha value is -1.18. The molecule has 4 N–H and O–H groups in total. The van der Waals surface area contributed by atoms with Gasteiger partial charge in [0.2, 0.25) is 10.0 Å². The predicted octanol–water partition coefficient (Wildman–Crippen LogP) is 1.01. The van der Waals surface area contributed by atoms with E-state index in [-0.39, 0.29) is 35.2 Å². The molecule has 0 heterocycles. The van der Waals surface area contributed by atoms with Gasteiger partial charge in [0.1, 0.15) is 5.82 Å². The number of anilines is 1. The number of rotatable bonds is 6. The number of benzene rings is 1. The number of aliphatic hydroxyl groups excluding tert-OH is 1. The number of hydrogen-bond donors (Lipinski definition) is 3. The molecule has 0 spiro atoms. The first kappa shape index (κ1) is 15.9. The molecule has 19 heavy (non-hydrogen) atoms. The number of halogens is 1. The van der Waals surface area contributed by atoms with Crippen molar-refractivity contribution in [3.63, 3.8) is 0 Å². The lowest BCUT2D eigenvalue weighted by atomic mass is 10.1. The SMILES string of the molecule is Cc1c(F)cc(N)cc1S(=O)(=O)NCC(C)CCO. The van der Waals surface area contributed by atoms with Crippen LogP contribution in [0, 0.1) is 18.7 Å². The summed E-state index contributed by atoms with van der Waals surface area (Å²) in [6, 6.07) is 2.32. The third-order valence-electron chi connectivity index (χ3n) is 2.85. The van der Waals surface area contributed by atoms with E-state index in [0.717, 1.165) is 6.07 Å². The quantitative estimate of drug-likeness (QED) is 0.682. The first-order valence-corrected chi connectivity index (χ1v) is 7.42. The number of hydrogen-bond acceptors (Lipinski definition) is 4. The van der Waals surface area contributed by atoms with E-state index in [1.165, 1.54) is 13.0 Å². The van der Waals surface area contributed by atoms with Crippen LogP contribution in [0.4, 0.5) is 10.1 Å². The van der Waals surface area contributed by atoms with E-state index in [1.807, 2.05) is 6.92 Å². The summed E-state index contributed by atoms with van der Waals surface area (Å²) in [5, 5.41) is 8.76. The highest BCUT2D eigenvalue weighted by Gasteiger charge is 2.20. The predicted molar refractivity (Wildman–Crippen MR) is 71.6 cm³/mol. The Morgan fingerprint density at radius 1 is 1.47 bits per heavy atom. The summed E-state index contributed by atoms with van der Waals surface area (Å²) in [7, 11) is -3.80. The molecule has 0 radical (unpaired) electrons. The molecule has 0 saturated carbocycles.